The van der Waals surface area contributed by atoms with E-state index < -0.39 is 19.4 Å². The summed E-state index contributed by atoms with van der Waals surface area (Å²) in [4.78, 5) is 24.1. The highest BCUT2D eigenvalue weighted by molar-refractivity contribution is 7.47. The van der Waals surface area contributed by atoms with Crippen LogP contribution in [0.4, 0.5) is 0 Å². The summed E-state index contributed by atoms with van der Waals surface area (Å²) in [7, 11) is -4.49. The van der Waals surface area contributed by atoms with Crippen molar-refractivity contribution in [2.24, 2.45) is 11.8 Å². The standard InChI is InChI=1S/C33H51O7P/c1-7-10-11-14-26-20-29(34)31(28-19-24(6)15-16-27(28)23(4)5)30(21-26)39-32(35)33(17-18-33)40-41(36,37)38-22-25(12-8-2)13-9-3/h19-21,25,27-28,34H,4,7-18,22H2,1-3,5-6H3,(H,36,37)/t27-,28+/m0/s1. The van der Waals surface area contributed by atoms with Crippen LogP contribution in [-0.2, 0) is 24.8 Å². The van der Waals surface area contributed by atoms with E-state index in [0.29, 0.717) is 5.56 Å². The Balaban J connectivity index is 1.87. The molecule has 2 N–H and O–H groups in total. The monoisotopic (exact) mass is 590 g/mol. The molecule has 0 aromatic heterocycles. The molecule has 1 fully saturated rings. The van der Waals surface area contributed by atoms with Crippen molar-refractivity contribution >= 4 is 13.8 Å². The lowest BCUT2D eigenvalue weighted by atomic mass is 9.73. The first-order valence-electron chi connectivity index (χ1n) is 15.5. The van der Waals surface area contributed by atoms with E-state index in [2.05, 4.69) is 40.3 Å². The van der Waals surface area contributed by atoms with E-state index in [1.54, 1.807) is 6.07 Å². The topological polar surface area (TPSA) is 102 Å². The summed E-state index contributed by atoms with van der Waals surface area (Å²) in [6.07, 6.45) is 12.0. The molecule has 0 bridgehead atoms. The largest absolute Gasteiger partial charge is 0.507 e. The number of hydrogen-bond donors (Lipinski definition) is 2. The second-order valence-corrected chi connectivity index (χ2v) is 13.6. The number of carbonyl (C=O) groups excluding carboxylic acids is 1. The fourth-order valence-corrected chi connectivity index (χ4v) is 7.08. The maximum atomic E-state index is 13.6. The lowest BCUT2D eigenvalue weighted by Gasteiger charge is -2.32. The summed E-state index contributed by atoms with van der Waals surface area (Å²) < 4.78 is 29.8. The molecule has 0 saturated heterocycles. The molecule has 8 heteroatoms. The number of allylic oxidation sites excluding steroid dienone is 3. The number of esters is 1. The van der Waals surface area contributed by atoms with Gasteiger partial charge < -0.3 is 14.7 Å². The Hall–Kier alpha value is -1.92. The molecule has 0 amide bonds. The van der Waals surface area contributed by atoms with Crippen LogP contribution < -0.4 is 4.74 Å². The number of ether oxygens (including phenoxy) is 1. The van der Waals surface area contributed by atoms with Crippen LogP contribution in [0.5, 0.6) is 11.5 Å². The van der Waals surface area contributed by atoms with Crippen LogP contribution in [0.2, 0.25) is 0 Å². The molecule has 1 aromatic rings. The molecule has 0 heterocycles. The third-order valence-corrected chi connectivity index (χ3v) is 9.45. The summed E-state index contributed by atoms with van der Waals surface area (Å²) >= 11 is 0. The van der Waals surface area contributed by atoms with Crippen molar-refractivity contribution in [1.82, 2.24) is 0 Å². The molecule has 7 nitrogen and oxygen atoms in total. The van der Waals surface area contributed by atoms with Gasteiger partial charge in [0, 0.05) is 11.5 Å². The zero-order chi connectivity index (χ0) is 30.2. The number of rotatable bonds is 17. The molecule has 2 aliphatic carbocycles. The van der Waals surface area contributed by atoms with Crippen molar-refractivity contribution in [3.8, 4) is 11.5 Å². The van der Waals surface area contributed by atoms with Crippen molar-refractivity contribution in [2.45, 2.75) is 123 Å². The fourth-order valence-electron chi connectivity index (χ4n) is 5.93. The normalized spacial score (nSPS) is 21.3. The zero-order valence-electron chi connectivity index (χ0n) is 25.7. The maximum absolute atomic E-state index is 13.6. The smallest absolute Gasteiger partial charge is 0.473 e. The van der Waals surface area contributed by atoms with Crippen molar-refractivity contribution in [2.75, 3.05) is 6.61 Å². The Kier molecular flexibility index (Phi) is 12.3. The van der Waals surface area contributed by atoms with Crippen molar-refractivity contribution in [1.29, 1.82) is 0 Å². The molecule has 0 spiro atoms. The number of phenolic OH excluding ortho intramolecular Hbond substituents is 1. The van der Waals surface area contributed by atoms with Gasteiger partial charge in [0.25, 0.3) is 0 Å². The zero-order valence-corrected chi connectivity index (χ0v) is 26.6. The van der Waals surface area contributed by atoms with Gasteiger partial charge in [0.2, 0.25) is 0 Å². The first-order chi connectivity index (χ1) is 19.4. The summed E-state index contributed by atoms with van der Waals surface area (Å²) in [6.45, 7) is 14.6. The van der Waals surface area contributed by atoms with Crippen LogP contribution in [0.1, 0.15) is 122 Å². The number of phenols is 1. The first-order valence-corrected chi connectivity index (χ1v) is 17.0. The number of aryl methyl sites for hydroxylation is 1. The number of unbranched alkanes of at least 4 members (excludes halogenated alkanes) is 2. The van der Waals surface area contributed by atoms with E-state index in [-0.39, 0.29) is 48.7 Å². The van der Waals surface area contributed by atoms with Crippen LogP contribution in [0.15, 0.2) is 35.9 Å². The lowest BCUT2D eigenvalue weighted by Crippen LogP contribution is -2.31. The number of aromatic hydroxyl groups is 1. The van der Waals surface area contributed by atoms with Gasteiger partial charge in [-0.05, 0) is 94.7 Å². The number of phosphoric ester groups is 1. The van der Waals surface area contributed by atoms with Crippen molar-refractivity contribution in [3.05, 3.63) is 47.1 Å². The molecule has 0 radical (unpaired) electrons. The Bertz CT molecular complexity index is 1130. The van der Waals surface area contributed by atoms with Gasteiger partial charge >= 0.3 is 13.8 Å². The van der Waals surface area contributed by atoms with Crippen LogP contribution in [0.25, 0.3) is 0 Å². The van der Waals surface area contributed by atoms with Crippen molar-refractivity contribution < 1.29 is 33.1 Å². The van der Waals surface area contributed by atoms with E-state index in [0.717, 1.165) is 75.3 Å². The van der Waals surface area contributed by atoms with Crippen molar-refractivity contribution in [3.63, 3.8) is 0 Å². The minimum Gasteiger partial charge on any atom is -0.507 e. The van der Waals surface area contributed by atoms with E-state index in [1.807, 2.05) is 13.0 Å². The predicted molar refractivity (Wildman–Crippen MR) is 163 cm³/mol. The number of benzene rings is 1. The van der Waals surface area contributed by atoms with Gasteiger partial charge in [-0.15, -0.1) is 0 Å². The molecule has 1 aromatic carbocycles. The molecule has 0 aliphatic heterocycles. The predicted octanol–water partition coefficient (Wildman–Crippen LogP) is 8.93. The van der Waals surface area contributed by atoms with Gasteiger partial charge in [0.15, 0.2) is 5.60 Å². The number of phosphoric acid groups is 1. The molecule has 3 rings (SSSR count). The summed E-state index contributed by atoms with van der Waals surface area (Å²) in [6, 6.07) is 3.61. The Morgan fingerprint density at radius 2 is 1.83 bits per heavy atom. The van der Waals surface area contributed by atoms with Gasteiger partial charge in [-0.1, -0.05) is 70.3 Å². The Labute approximate surface area is 247 Å². The molecular formula is C33H51O7P. The highest BCUT2D eigenvalue weighted by Gasteiger charge is 2.58. The van der Waals surface area contributed by atoms with Gasteiger partial charge in [-0.3, -0.25) is 9.05 Å². The Morgan fingerprint density at radius 3 is 2.41 bits per heavy atom. The van der Waals surface area contributed by atoms with Crippen LogP contribution >= 0.6 is 7.82 Å². The molecule has 41 heavy (non-hydrogen) atoms. The fraction of sp³-hybridized carbons (Fsp3) is 0.667. The summed E-state index contributed by atoms with van der Waals surface area (Å²) in [5, 5.41) is 11.3. The molecular weight excluding hydrogens is 539 g/mol. The van der Waals surface area contributed by atoms with Crippen LogP contribution in [0.3, 0.4) is 0 Å². The molecule has 230 valence electrons. The highest BCUT2D eigenvalue weighted by Crippen LogP contribution is 2.56. The van der Waals surface area contributed by atoms with E-state index in [1.165, 1.54) is 5.57 Å². The van der Waals surface area contributed by atoms with Crippen LogP contribution in [0, 0.1) is 11.8 Å². The van der Waals surface area contributed by atoms with Gasteiger partial charge in [-0.2, -0.15) is 0 Å². The average molecular weight is 591 g/mol. The van der Waals surface area contributed by atoms with E-state index in [4.69, 9.17) is 13.8 Å². The first kappa shape index (κ1) is 33.6. The summed E-state index contributed by atoms with van der Waals surface area (Å²) in [5.41, 5.74) is 2.11. The van der Waals surface area contributed by atoms with Gasteiger partial charge in [-0.25, -0.2) is 9.36 Å². The molecule has 1 unspecified atom stereocenters. The van der Waals surface area contributed by atoms with Gasteiger partial charge in [0.1, 0.15) is 11.5 Å². The van der Waals surface area contributed by atoms with Crippen LogP contribution in [-0.4, -0.2) is 28.2 Å². The third kappa shape index (κ3) is 9.28. The molecule has 1 saturated carbocycles. The van der Waals surface area contributed by atoms with E-state index in [9.17, 15) is 19.4 Å². The number of hydrogen-bond acceptors (Lipinski definition) is 6. The minimum absolute atomic E-state index is 0.0869. The van der Waals surface area contributed by atoms with E-state index >= 15 is 0 Å². The quantitative estimate of drug-likeness (QED) is 0.0614. The lowest BCUT2D eigenvalue weighted by molar-refractivity contribution is -0.145. The number of carbonyl (C=O) groups is 1. The molecule has 2 aliphatic rings. The maximum Gasteiger partial charge on any atom is 0.473 e. The third-order valence-electron chi connectivity index (χ3n) is 8.40. The highest BCUT2D eigenvalue weighted by atomic mass is 31.2. The average Bonchev–Trinajstić information content (AvgIpc) is 3.67. The van der Waals surface area contributed by atoms with Gasteiger partial charge in [0.05, 0.1) is 6.61 Å². The molecule has 3 atom stereocenters. The Morgan fingerprint density at radius 1 is 1.15 bits per heavy atom. The minimum atomic E-state index is -4.49. The SMILES string of the molecule is C=C(C)[C@@H]1CCC(C)=C[C@H]1c1c(O)cc(CCCCC)cc1OC(=O)C1(OP(=O)(O)OCC(CCC)CCC)CC1. The second-order valence-electron chi connectivity index (χ2n) is 12.2. The summed E-state index contributed by atoms with van der Waals surface area (Å²) in [5.74, 6) is -0.327. The second kappa shape index (κ2) is 15.0.